The van der Waals surface area contributed by atoms with Gasteiger partial charge in [0.2, 0.25) is 0 Å². The number of hydrogen-bond donors (Lipinski definition) is 1. The fraction of sp³-hybridized carbons (Fsp3) is 0.200. The molecule has 0 saturated heterocycles. The normalized spacial score (nSPS) is 11.6. The largest absolute Gasteiger partial charge is 0.467 e. The molecule has 4 heteroatoms. The van der Waals surface area contributed by atoms with Crippen molar-refractivity contribution in [3.8, 4) is 6.07 Å². The number of furan rings is 1. The van der Waals surface area contributed by atoms with E-state index < -0.39 is 0 Å². The van der Waals surface area contributed by atoms with Crippen molar-refractivity contribution in [3.05, 3.63) is 53.5 Å². The number of ketones is 1. The highest BCUT2D eigenvalue weighted by atomic mass is 16.3. The summed E-state index contributed by atoms with van der Waals surface area (Å²) in [7, 11) is 0. The van der Waals surface area contributed by atoms with Crippen molar-refractivity contribution in [2.75, 3.05) is 5.32 Å². The first-order valence-electron chi connectivity index (χ1n) is 5.97. The summed E-state index contributed by atoms with van der Waals surface area (Å²) in [6.45, 7) is 3.43. The topological polar surface area (TPSA) is 66.0 Å². The molecular formula is C15H14N2O2. The number of nitrogens with one attached hydrogen (secondary N) is 1. The highest BCUT2D eigenvalue weighted by Crippen LogP contribution is 2.23. The smallest absolute Gasteiger partial charge is 0.159 e. The Morgan fingerprint density at radius 2 is 2.21 bits per heavy atom. The van der Waals surface area contributed by atoms with Crippen LogP contribution in [-0.4, -0.2) is 5.78 Å². The molecule has 4 nitrogen and oxygen atoms in total. The number of Topliss-reactive ketones (excluding diaryl/α,β-unsaturated/α-hetero) is 1. The maximum absolute atomic E-state index is 11.4. The van der Waals surface area contributed by atoms with Gasteiger partial charge >= 0.3 is 0 Å². The fourth-order valence-corrected chi connectivity index (χ4v) is 1.82. The number of benzene rings is 1. The lowest BCUT2D eigenvalue weighted by molar-refractivity contribution is 0.101. The van der Waals surface area contributed by atoms with Gasteiger partial charge in [-0.05, 0) is 44.2 Å². The molecule has 1 N–H and O–H groups in total. The van der Waals surface area contributed by atoms with Crippen molar-refractivity contribution < 1.29 is 9.21 Å². The van der Waals surface area contributed by atoms with E-state index in [9.17, 15) is 4.79 Å². The predicted octanol–water partition coefficient (Wildman–Crippen LogP) is 3.53. The molecule has 2 aromatic rings. The molecule has 0 amide bonds. The number of nitriles is 1. The van der Waals surface area contributed by atoms with Gasteiger partial charge in [0.1, 0.15) is 11.8 Å². The zero-order valence-electron chi connectivity index (χ0n) is 10.8. The van der Waals surface area contributed by atoms with E-state index in [0.717, 1.165) is 5.76 Å². The van der Waals surface area contributed by atoms with Gasteiger partial charge in [-0.15, -0.1) is 0 Å². The molecule has 0 aliphatic rings. The number of anilines is 1. The van der Waals surface area contributed by atoms with Crippen LogP contribution in [0.15, 0.2) is 41.0 Å². The van der Waals surface area contributed by atoms with E-state index in [1.807, 2.05) is 19.1 Å². The third-order valence-electron chi connectivity index (χ3n) is 2.89. The lowest BCUT2D eigenvalue weighted by Gasteiger charge is -2.14. The SMILES string of the molecule is CC(=O)c1ccc(C#N)c(NC(C)c2ccco2)c1. The van der Waals surface area contributed by atoms with Crippen LogP contribution in [0, 0.1) is 11.3 Å². The number of hydrogen-bond acceptors (Lipinski definition) is 4. The van der Waals surface area contributed by atoms with E-state index in [4.69, 9.17) is 9.68 Å². The first kappa shape index (κ1) is 12.9. The molecule has 1 unspecified atom stereocenters. The zero-order chi connectivity index (χ0) is 13.8. The summed E-state index contributed by atoms with van der Waals surface area (Å²) in [6.07, 6.45) is 1.60. The number of carbonyl (C=O) groups excluding carboxylic acids is 1. The molecule has 0 saturated carbocycles. The van der Waals surface area contributed by atoms with Crippen LogP contribution in [0.4, 0.5) is 5.69 Å². The Kier molecular flexibility index (Phi) is 3.67. The van der Waals surface area contributed by atoms with Gasteiger partial charge in [-0.25, -0.2) is 0 Å². The van der Waals surface area contributed by atoms with Crippen LogP contribution in [-0.2, 0) is 0 Å². The van der Waals surface area contributed by atoms with Gasteiger partial charge in [-0.3, -0.25) is 4.79 Å². The molecule has 0 aliphatic heterocycles. The molecule has 0 radical (unpaired) electrons. The van der Waals surface area contributed by atoms with Crippen molar-refractivity contribution in [3.63, 3.8) is 0 Å². The van der Waals surface area contributed by atoms with Gasteiger partial charge in [0.05, 0.1) is 23.6 Å². The maximum atomic E-state index is 11.4. The number of carbonyl (C=O) groups is 1. The summed E-state index contributed by atoms with van der Waals surface area (Å²) in [6, 6.07) is 10.7. The lowest BCUT2D eigenvalue weighted by atomic mass is 10.1. The van der Waals surface area contributed by atoms with Crippen LogP contribution in [0.3, 0.4) is 0 Å². The molecule has 1 heterocycles. The van der Waals surface area contributed by atoms with E-state index in [1.54, 1.807) is 24.5 Å². The second-order valence-electron chi connectivity index (χ2n) is 4.31. The standard InChI is InChI=1S/C15H14N2O2/c1-10(15-4-3-7-19-15)17-14-8-12(11(2)18)5-6-13(14)9-16/h3-8,10,17H,1-2H3. The Morgan fingerprint density at radius 1 is 1.42 bits per heavy atom. The third-order valence-corrected chi connectivity index (χ3v) is 2.89. The first-order chi connectivity index (χ1) is 9.11. The maximum Gasteiger partial charge on any atom is 0.159 e. The molecule has 0 fully saturated rings. The van der Waals surface area contributed by atoms with E-state index in [-0.39, 0.29) is 11.8 Å². The minimum Gasteiger partial charge on any atom is -0.467 e. The van der Waals surface area contributed by atoms with Gasteiger partial charge in [-0.2, -0.15) is 5.26 Å². The lowest BCUT2D eigenvalue weighted by Crippen LogP contribution is -2.08. The molecule has 1 atom stereocenters. The molecule has 0 spiro atoms. The molecule has 1 aromatic heterocycles. The van der Waals surface area contributed by atoms with Crippen molar-refractivity contribution in [2.45, 2.75) is 19.9 Å². The van der Waals surface area contributed by atoms with Crippen molar-refractivity contribution in [1.29, 1.82) is 5.26 Å². The number of rotatable bonds is 4. The summed E-state index contributed by atoms with van der Waals surface area (Å²) < 4.78 is 5.31. The van der Waals surface area contributed by atoms with Crippen molar-refractivity contribution in [1.82, 2.24) is 0 Å². The summed E-state index contributed by atoms with van der Waals surface area (Å²) in [5.41, 5.74) is 1.72. The van der Waals surface area contributed by atoms with Crippen LogP contribution in [0.5, 0.6) is 0 Å². The Labute approximate surface area is 111 Å². The second kappa shape index (κ2) is 5.40. The average Bonchev–Trinajstić information content (AvgIpc) is 2.92. The molecule has 19 heavy (non-hydrogen) atoms. The van der Waals surface area contributed by atoms with Gasteiger partial charge in [0.15, 0.2) is 5.78 Å². The Morgan fingerprint density at radius 3 is 2.79 bits per heavy atom. The van der Waals surface area contributed by atoms with Crippen LogP contribution < -0.4 is 5.32 Å². The highest BCUT2D eigenvalue weighted by molar-refractivity contribution is 5.95. The first-order valence-corrected chi connectivity index (χ1v) is 5.97. The average molecular weight is 254 g/mol. The minimum atomic E-state index is -0.0793. The second-order valence-corrected chi connectivity index (χ2v) is 4.31. The zero-order valence-corrected chi connectivity index (χ0v) is 10.8. The van der Waals surface area contributed by atoms with Gasteiger partial charge in [0.25, 0.3) is 0 Å². The van der Waals surface area contributed by atoms with E-state index >= 15 is 0 Å². The highest BCUT2D eigenvalue weighted by Gasteiger charge is 2.12. The molecule has 1 aromatic carbocycles. The van der Waals surface area contributed by atoms with Crippen molar-refractivity contribution >= 4 is 11.5 Å². The van der Waals surface area contributed by atoms with Crippen LogP contribution in [0.2, 0.25) is 0 Å². The van der Waals surface area contributed by atoms with Gasteiger partial charge in [0, 0.05) is 5.56 Å². The molecule has 96 valence electrons. The van der Waals surface area contributed by atoms with Gasteiger partial charge < -0.3 is 9.73 Å². The minimum absolute atomic E-state index is 0.0295. The Hall–Kier alpha value is -2.54. The summed E-state index contributed by atoms with van der Waals surface area (Å²) in [4.78, 5) is 11.4. The van der Waals surface area contributed by atoms with Gasteiger partial charge in [-0.1, -0.05) is 0 Å². The van der Waals surface area contributed by atoms with E-state index in [1.165, 1.54) is 6.92 Å². The Balaban J connectivity index is 2.30. The molecule has 2 rings (SSSR count). The van der Waals surface area contributed by atoms with E-state index in [0.29, 0.717) is 16.8 Å². The quantitative estimate of drug-likeness (QED) is 0.847. The number of nitrogens with zero attached hydrogens (tertiary/aromatic N) is 1. The monoisotopic (exact) mass is 254 g/mol. The summed E-state index contributed by atoms with van der Waals surface area (Å²) >= 11 is 0. The molecule has 0 bridgehead atoms. The third kappa shape index (κ3) is 2.83. The van der Waals surface area contributed by atoms with Crippen molar-refractivity contribution in [2.24, 2.45) is 0 Å². The molecule has 0 aliphatic carbocycles. The fourth-order valence-electron chi connectivity index (χ4n) is 1.82. The van der Waals surface area contributed by atoms with Crippen LogP contribution in [0.25, 0.3) is 0 Å². The van der Waals surface area contributed by atoms with Crippen LogP contribution in [0.1, 0.15) is 41.6 Å². The predicted molar refractivity (Wildman–Crippen MR) is 71.9 cm³/mol. The van der Waals surface area contributed by atoms with E-state index in [2.05, 4.69) is 11.4 Å². The summed E-state index contributed by atoms with van der Waals surface area (Å²) in [5.74, 6) is 0.746. The molecular weight excluding hydrogens is 240 g/mol. The summed E-state index contributed by atoms with van der Waals surface area (Å²) in [5, 5.41) is 12.3. The Bertz CT molecular complexity index is 624. The van der Waals surface area contributed by atoms with Crippen LogP contribution >= 0.6 is 0 Å².